The number of carbonyl (C=O) groups excluding carboxylic acids is 1. The van der Waals surface area contributed by atoms with Crippen molar-refractivity contribution in [2.45, 2.75) is 12.6 Å². The van der Waals surface area contributed by atoms with Crippen molar-refractivity contribution in [3.05, 3.63) is 50.3 Å². The summed E-state index contributed by atoms with van der Waals surface area (Å²) in [6.45, 7) is 1.94. The molecule has 12 heteroatoms. The molecule has 1 aliphatic rings. The highest BCUT2D eigenvalue weighted by Crippen LogP contribution is 2.29. The van der Waals surface area contributed by atoms with Gasteiger partial charge in [-0.1, -0.05) is 0 Å². The van der Waals surface area contributed by atoms with Crippen molar-refractivity contribution in [3.8, 4) is 0 Å². The van der Waals surface area contributed by atoms with Crippen molar-refractivity contribution in [2.24, 2.45) is 14.1 Å². The van der Waals surface area contributed by atoms with E-state index in [1.165, 1.54) is 20.2 Å². The number of Topliss-reactive ketones (excluding diaryl/α,β-unsaturated/α-hetero) is 1. The number of alkyl halides is 3. The Morgan fingerprint density at radius 3 is 2.42 bits per heavy atom. The summed E-state index contributed by atoms with van der Waals surface area (Å²) in [5, 5.41) is 0. The number of nitrogens with zero attached hydrogens (tertiary/aromatic N) is 5. The first-order valence-electron chi connectivity index (χ1n) is 9.60. The summed E-state index contributed by atoms with van der Waals surface area (Å²) in [6, 6.07) is 2.32. The number of nitrogens with two attached hydrogens (primary N) is 1. The molecule has 9 nitrogen and oxygen atoms in total. The second kappa shape index (κ2) is 8.53. The number of hydrogen-bond donors (Lipinski definition) is 1. The minimum atomic E-state index is -4.44. The van der Waals surface area contributed by atoms with Gasteiger partial charge in [-0.3, -0.25) is 23.6 Å². The van der Waals surface area contributed by atoms with Gasteiger partial charge in [-0.2, -0.15) is 13.2 Å². The molecule has 0 radical (unpaired) electrons. The van der Waals surface area contributed by atoms with Crippen LogP contribution < -0.4 is 21.9 Å². The van der Waals surface area contributed by atoms with Crippen LogP contribution in [0, 0.1) is 0 Å². The Bertz CT molecular complexity index is 1090. The number of anilines is 2. The highest BCUT2D eigenvalue weighted by atomic mass is 19.4. The van der Waals surface area contributed by atoms with Crippen LogP contribution in [0.5, 0.6) is 0 Å². The quantitative estimate of drug-likeness (QED) is 0.689. The van der Waals surface area contributed by atoms with Gasteiger partial charge in [0.2, 0.25) is 0 Å². The summed E-state index contributed by atoms with van der Waals surface area (Å²) in [5.41, 5.74) is 3.45. The number of aromatic nitrogens is 3. The Morgan fingerprint density at radius 1 is 1.10 bits per heavy atom. The molecule has 31 heavy (non-hydrogen) atoms. The summed E-state index contributed by atoms with van der Waals surface area (Å²) in [4.78, 5) is 44.7. The largest absolute Gasteiger partial charge is 0.417 e. The zero-order chi connectivity index (χ0) is 22.9. The standard InChI is InChI=1S/C19H23F3N6O3/c1-25-16(23)15(17(30)26(2)18(25)31)13(29)11-27-6-3-7-28(9-8-27)14-5-4-12(10-24-14)19(20,21)22/h4-5,10H,3,6-9,11,23H2,1-2H3. The predicted octanol–water partition coefficient (Wildman–Crippen LogP) is 0.475. The number of ketones is 1. The molecule has 3 heterocycles. The monoisotopic (exact) mass is 440 g/mol. The molecule has 1 saturated heterocycles. The lowest BCUT2D eigenvalue weighted by atomic mass is 10.1. The molecular weight excluding hydrogens is 417 g/mol. The molecular formula is C19H23F3N6O3. The number of rotatable bonds is 4. The molecule has 2 aromatic rings. The van der Waals surface area contributed by atoms with E-state index in [0.717, 1.165) is 21.4 Å². The van der Waals surface area contributed by atoms with Crippen LogP contribution in [-0.2, 0) is 20.3 Å². The number of halogens is 3. The Hall–Kier alpha value is -3.15. The fourth-order valence-electron chi connectivity index (χ4n) is 3.50. The number of pyridine rings is 1. The smallest absolute Gasteiger partial charge is 0.384 e. The van der Waals surface area contributed by atoms with Crippen LogP contribution in [0.1, 0.15) is 22.3 Å². The Morgan fingerprint density at radius 2 is 1.81 bits per heavy atom. The Labute approximate surface area is 175 Å². The van der Waals surface area contributed by atoms with Crippen molar-refractivity contribution in [1.29, 1.82) is 0 Å². The van der Waals surface area contributed by atoms with Crippen molar-refractivity contribution in [2.75, 3.05) is 43.4 Å². The molecule has 0 unspecified atom stereocenters. The van der Waals surface area contributed by atoms with E-state index in [0.29, 0.717) is 38.4 Å². The van der Waals surface area contributed by atoms with Gasteiger partial charge < -0.3 is 10.6 Å². The molecule has 2 aromatic heterocycles. The van der Waals surface area contributed by atoms with E-state index in [9.17, 15) is 27.6 Å². The van der Waals surface area contributed by atoms with Gasteiger partial charge in [-0.25, -0.2) is 9.78 Å². The van der Waals surface area contributed by atoms with E-state index in [1.807, 2.05) is 9.80 Å². The van der Waals surface area contributed by atoms with Crippen LogP contribution in [0.4, 0.5) is 24.8 Å². The van der Waals surface area contributed by atoms with Gasteiger partial charge in [0.15, 0.2) is 5.78 Å². The Balaban J connectivity index is 1.70. The number of carbonyl (C=O) groups is 1. The molecule has 1 fully saturated rings. The van der Waals surface area contributed by atoms with Gasteiger partial charge in [0, 0.05) is 46.5 Å². The average molecular weight is 440 g/mol. The molecule has 0 atom stereocenters. The summed E-state index contributed by atoms with van der Waals surface area (Å²) >= 11 is 0. The molecule has 0 bridgehead atoms. The summed E-state index contributed by atoms with van der Waals surface area (Å²) < 4.78 is 40.1. The molecule has 0 aromatic carbocycles. The normalized spacial score (nSPS) is 15.7. The van der Waals surface area contributed by atoms with Crippen molar-refractivity contribution < 1.29 is 18.0 Å². The molecule has 0 aliphatic carbocycles. The van der Waals surface area contributed by atoms with Gasteiger partial charge in [0.1, 0.15) is 17.2 Å². The van der Waals surface area contributed by atoms with E-state index < -0.39 is 28.8 Å². The molecule has 0 saturated carbocycles. The van der Waals surface area contributed by atoms with E-state index in [-0.39, 0.29) is 17.9 Å². The van der Waals surface area contributed by atoms with Crippen molar-refractivity contribution in [1.82, 2.24) is 19.0 Å². The third kappa shape index (κ3) is 4.63. The minimum absolute atomic E-state index is 0.0636. The number of nitrogen functional groups attached to an aromatic ring is 1. The molecule has 0 amide bonds. The maximum atomic E-state index is 12.8. The lowest BCUT2D eigenvalue weighted by Crippen LogP contribution is -2.43. The summed E-state index contributed by atoms with van der Waals surface area (Å²) in [5.74, 6) is -0.240. The third-order valence-electron chi connectivity index (χ3n) is 5.34. The SMILES string of the molecule is Cn1c(N)c(C(=O)CN2CCCN(c3ccc(C(F)(F)F)cn3)CC2)c(=O)n(C)c1=O. The van der Waals surface area contributed by atoms with E-state index in [1.54, 1.807) is 0 Å². The fraction of sp³-hybridized carbons (Fsp3) is 0.474. The van der Waals surface area contributed by atoms with Crippen LogP contribution in [0.2, 0.25) is 0 Å². The van der Waals surface area contributed by atoms with Crippen LogP contribution in [0.15, 0.2) is 27.9 Å². The molecule has 3 rings (SSSR count). The molecule has 2 N–H and O–H groups in total. The lowest BCUT2D eigenvalue weighted by Gasteiger charge is -2.23. The second-order valence-corrected chi connectivity index (χ2v) is 7.41. The highest BCUT2D eigenvalue weighted by molar-refractivity contribution is 6.01. The third-order valence-corrected chi connectivity index (χ3v) is 5.34. The summed E-state index contributed by atoms with van der Waals surface area (Å²) in [7, 11) is 2.66. The zero-order valence-electron chi connectivity index (χ0n) is 17.1. The summed E-state index contributed by atoms with van der Waals surface area (Å²) in [6.07, 6.45) is -2.99. The van der Waals surface area contributed by atoms with E-state index in [2.05, 4.69) is 4.98 Å². The Kier molecular flexibility index (Phi) is 6.20. The fourth-order valence-corrected chi connectivity index (χ4v) is 3.50. The van der Waals surface area contributed by atoms with Gasteiger partial charge in [0.25, 0.3) is 5.56 Å². The van der Waals surface area contributed by atoms with E-state index >= 15 is 0 Å². The van der Waals surface area contributed by atoms with Crippen LogP contribution in [0.25, 0.3) is 0 Å². The minimum Gasteiger partial charge on any atom is -0.384 e. The first kappa shape index (κ1) is 22.5. The zero-order valence-corrected chi connectivity index (χ0v) is 17.1. The first-order chi connectivity index (χ1) is 14.5. The van der Waals surface area contributed by atoms with Crippen LogP contribution in [0.3, 0.4) is 0 Å². The average Bonchev–Trinajstić information content (AvgIpc) is 2.96. The molecule has 0 spiro atoms. The van der Waals surface area contributed by atoms with Crippen molar-refractivity contribution >= 4 is 17.4 Å². The van der Waals surface area contributed by atoms with Gasteiger partial charge in [-0.05, 0) is 18.6 Å². The van der Waals surface area contributed by atoms with Crippen LogP contribution in [-0.4, -0.2) is 57.5 Å². The van der Waals surface area contributed by atoms with Gasteiger partial charge >= 0.3 is 11.9 Å². The highest BCUT2D eigenvalue weighted by Gasteiger charge is 2.31. The van der Waals surface area contributed by atoms with Crippen LogP contribution >= 0.6 is 0 Å². The molecule has 1 aliphatic heterocycles. The topological polar surface area (TPSA) is 106 Å². The predicted molar refractivity (Wildman–Crippen MR) is 108 cm³/mol. The van der Waals surface area contributed by atoms with Crippen molar-refractivity contribution in [3.63, 3.8) is 0 Å². The maximum Gasteiger partial charge on any atom is 0.417 e. The maximum absolute atomic E-state index is 12.8. The van der Waals surface area contributed by atoms with Gasteiger partial charge in [0.05, 0.1) is 12.1 Å². The lowest BCUT2D eigenvalue weighted by molar-refractivity contribution is -0.137. The molecule has 168 valence electrons. The first-order valence-corrected chi connectivity index (χ1v) is 9.60. The second-order valence-electron chi connectivity index (χ2n) is 7.41. The van der Waals surface area contributed by atoms with E-state index in [4.69, 9.17) is 5.73 Å². The number of hydrogen-bond acceptors (Lipinski definition) is 7. The van der Waals surface area contributed by atoms with Gasteiger partial charge in [-0.15, -0.1) is 0 Å².